The summed E-state index contributed by atoms with van der Waals surface area (Å²) in [5, 5.41) is 31.9. The molecule has 1 aromatic carbocycles. The number of nitrogens with one attached hydrogen (secondary N) is 3. The molecule has 0 bridgehead atoms. The minimum absolute atomic E-state index is 0.0171. The van der Waals surface area contributed by atoms with E-state index in [1.807, 2.05) is 5.32 Å². The fourth-order valence-electron chi connectivity index (χ4n) is 3.28. The summed E-state index contributed by atoms with van der Waals surface area (Å²) in [7, 11) is 0. The predicted molar refractivity (Wildman–Crippen MR) is 116 cm³/mol. The molecule has 1 aliphatic carbocycles. The second kappa shape index (κ2) is 9.51. The van der Waals surface area contributed by atoms with Crippen LogP contribution in [0, 0.1) is 11.3 Å². The lowest BCUT2D eigenvalue weighted by atomic mass is 10.1. The van der Waals surface area contributed by atoms with Crippen LogP contribution in [0.15, 0.2) is 33.9 Å². The van der Waals surface area contributed by atoms with Crippen molar-refractivity contribution >= 4 is 23.6 Å². The highest BCUT2D eigenvalue weighted by molar-refractivity contribution is 6.05. The van der Waals surface area contributed by atoms with Crippen LogP contribution in [0.5, 0.6) is 5.88 Å². The molecule has 1 saturated carbocycles. The van der Waals surface area contributed by atoms with Crippen LogP contribution >= 0.6 is 0 Å². The predicted octanol–water partition coefficient (Wildman–Crippen LogP) is -0.219. The first kappa shape index (κ1) is 23.4. The Morgan fingerprint density at radius 2 is 1.91 bits per heavy atom. The maximum atomic E-state index is 13.2. The number of carbonyl (C=O) groups excluding carboxylic acids is 2. The summed E-state index contributed by atoms with van der Waals surface area (Å²) in [6, 6.07) is 5.71. The zero-order chi connectivity index (χ0) is 24.3. The Labute approximate surface area is 187 Å². The van der Waals surface area contributed by atoms with E-state index >= 15 is 0 Å². The Morgan fingerprint density at radius 3 is 2.52 bits per heavy atom. The summed E-state index contributed by atoms with van der Waals surface area (Å²) in [4.78, 5) is 60.7. The van der Waals surface area contributed by atoms with Crippen molar-refractivity contribution in [1.29, 1.82) is 5.41 Å². The molecule has 0 spiro atoms. The van der Waals surface area contributed by atoms with E-state index in [1.54, 1.807) is 0 Å². The molecule has 174 valence electrons. The minimum Gasteiger partial charge on any atom is -0.493 e. The van der Waals surface area contributed by atoms with Crippen molar-refractivity contribution in [3.8, 4) is 11.6 Å². The van der Waals surface area contributed by atoms with E-state index in [0.29, 0.717) is 12.3 Å². The summed E-state index contributed by atoms with van der Waals surface area (Å²) in [6.07, 6.45) is 2.48. The Bertz CT molecular complexity index is 1260. The van der Waals surface area contributed by atoms with E-state index in [4.69, 9.17) is 10.5 Å². The molecule has 0 aliphatic heterocycles. The first-order valence-corrected chi connectivity index (χ1v) is 10.2. The van der Waals surface area contributed by atoms with Crippen LogP contribution < -0.4 is 21.9 Å². The quantitative estimate of drug-likeness (QED) is 0.268. The first-order chi connectivity index (χ1) is 15.6. The molecule has 0 unspecified atom stereocenters. The highest BCUT2D eigenvalue weighted by atomic mass is 16.4. The molecule has 0 saturated heterocycles. The molecule has 0 atom stereocenters. The second-order valence-electron chi connectivity index (χ2n) is 7.69. The van der Waals surface area contributed by atoms with Crippen molar-refractivity contribution in [2.24, 2.45) is 5.92 Å². The van der Waals surface area contributed by atoms with Crippen molar-refractivity contribution < 1.29 is 24.6 Å². The largest absolute Gasteiger partial charge is 0.493 e. The molecule has 1 aromatic heterocycles. The average molecular weight is 457 g/mol. The molecule has 0 radical (unpaired) electrons. The van der Waals surface area contributed by atoms with Gasteiger partial charge in [-0.05, 0) is 24.5 Å². The molecule has 12 nitrogen and oxygen atoms in total. The van der Waals surface area contributed by atoms with Gasteiger partial charge in [-0.15, -0.1) is 0 Å². The van der Waals surface area contributed by atoms with Crippen LogP contribution in [-0.4, -0.2) is 49.5 Å². The number of carboxylic acids is 1. The molecule has 1 aliphatic rings. The van der Waals surface area contributed by atoms with Gasteiger partial charge in [0, 0.05) is 19.0 Å². The number of hydrogen-bond acceptors (Lipinski definition) is 7. The molecular weight excluding hydrogens is 434 g/mol. The third-order valence-electron chi connectivity index (χ3n) is 5.10. The average Bonchev–Trinajstić information content (AvgIpc) is 3.56. The van der Waals surface area contributed by atoms with Gasteiger partial charge in [-0.1, -0.05) is 25.0 Å². The van der Waals surface area contributed by atoms with Crippen LogP contribution in [0.4, 0.5) is 0 Å². The van der Waals surface area contributed by atoms with Gasteiger partial charge in [0.25, 0.3) is 11.5 Å². The van der Waals surface area contributed by atoms with Gasteiger partial charge in [-0.2, -0.15) is 0 Å². The number of rotatable bonds is 8. The maximum Gasteiger partial charge on any atom is 0.338 e. The summed E-state index contributed by atoms with van der Waals surface area (Å²) < 4.78 is 1.58. The Hall–Kier alpha value is -4.22. The lowest BCUT2D eigenvalue weighted by molar-refractivity contribution is -0.135. The van der Waals surface area contributed by atoms with E-state index in [1.165, 1.54) is 31.2 Å². The number of carbonyl (C=O) groups is 3. The maximum absolute atomic E-state index is 13.2. The van der Waals surface area contributed by atoms with Gasteiger partial charge >= 0.3 is 11.7 Å². The molecule has 1 heterocycles. The second-order valence-corrected chi connectivity index (χ2v) is 7.69. The number of nitrogens with zero attached hydrogens (tertiary/aromatic N) is 2. The van der Waals surface area contributed by atoms with E-state index in [9.17, 15) is 29.1 Å². The number of aliphatic carboxylic acids is 1. The number of aromatic hydroxyl groups is 1. The fourth-order valence-corrected chi connectivity index (χ4v) is 3.28. The van der Waals surface area contributed by atoms with Crippen LogP contribution in [-0.2, 0) is 16.1 Å². The van der Waals surface area contributed by atoms with Crippen molar-refractivity contribution in [1.82, 2.24) is 19.8 Å². The lowest BCUT2D eigenvalue weighted by Crippen LogP contribution is -2.44. The standard InChI is InChI=1S/C21H23N5O7/c1-11(27)24-17(22)13-3-2-4-14(9-13)26-20(32)16(18(30)23-10-15(28)29)19(31)25(21(26)33)8-7-12-5-6-12/h2-4,9,12,32H,5-8,10H2,1H3,(H,23,30)(H,28,29)(H2,22,24,27). The van der Waals surface area contributed by atoms with E-state index < -0.39 is 47.0 Å². The first-order valence-electron chi connectivity index (χ1n) is 10.2. The van der Waals surface area contributed by atoms with E-state index in [-0.39, 0.29) is 23.6 Å². The zero-order valence-electron chi connectivity index (χ0n) is 17.8. The highest BCUT2D eigenvalue weighted by Gasteiger charge is 2.27. The summed E-state index contributed by atoms with van der Waals surface area (Å²) in [6.45, 7) is 0.456. The Morgan fingerprint density at radius 1 is 1.21 bits per heavy atom. The molecule has 5 N–H and O–H groups in total. The van der Waals surface area contributed by atoms with Gasteiger partial charge in [0.1, 0.15) is 12.4 Å². The highest BCUT2D eigenvalue weighted by Crippen LogP contribution is 2.32. The van der Waals surface area contributed by atoms with Gasteiger partial charge in [0.05, 0.1) is 5.69 Å². The van der Waals surface area contributed by atoms with Crippen LogP contribution in [0.3, 0.4) is 0 Å². The van der Waals surface area contributed by atoms with Crippen LogP contribution in [0.1, 0.15) is 42.1 Å². The Kier molecular flexibility index (Phi) is 6.75. The zero-order valence-corrected chi connectivity index (χ0v) is 17.8. The third-order valence-corrected chi connectivity index (χ3v) is 5.10. The Balaban J connectivity index is 2.15. The van der Waals surface area contributed by atoms with Gasteiger partial charge in [0.15, 0.2) is 5.56 Å². The molecule has 1 fully saturated rings. The number of hydrogen-bond donors (Lipinski definition) is 5. The summed E-state index contributed by atoms with van der Waals surface area (Å²) >= 11 is 0. The minimum atomic E-state index is -1.35. The number of benzene rings is 1. The monoisotopic (exact) mass is 457 g/mol. The third kappa shape index (κ3) is 5.34. The smallest absolute Gasteiger partial charge is 0.338 e. The summed E-state index contributed by atoms with van der Waals surface area (Å²) in [5.74, 6) is -3.82. The fraction of sp³-hybridized carbons (Fsp3) is 0.333. The van der Waals surface area contributed by atoms with Gasteiger partial charge < -0.3 is 20.8 Å². The SMILES string of the molecule is CC(=O)NC(=N)c1cccc(-n2c(O)c(C(=O)NCC(=O)O)c(=O)n(CCC3CC3)c2=O)c1. The molecule has 2 aromatic rings. The summed E-state index contributed by atoms with van der Waals surface area (Å²) in [5.41, 5.74) is -2.44. The molecule has 33 heavy (non-hydrogen) atoms. The van der Waals surface area contributed by atoms with E-state index in [0.717, 1.165) is 22.0 Å². The van der Waals surface area contributed by atoms with E-state index in [2.05, 4.69) is 5.32 Å². The van der Waals surface area contributed by atoms with Crippen molar-refractivity contribution in [3.05, 3.63) is 56.2 Å². The molecule has 3 rings (SSSR count). The topological polar surface area (TPSA) is 184 Å². The normalized spacial score (nSPS) is 12.8. The molecule has 2 amide bonds. The van der Waals surface area contributed by atoms with Gasteiger partial charge in [-0.3, -0.25) is 29.2 Å². The van der Waals surface area contributed by atoms with Crippen molar-refractivity contribution in [2.45, 2.75) is 32.7 Å². The van der Waals surface area contributed by atoms with Gasteiger partial charge in [0.2, 0.25) is 11.8 Å². The number of amidine groups is 1. The molecular formula is C21H23N5O7. The van der Waals surface area contributed by atoms with Crippen LogP contribution in [0.2, 0.25) is 0 Å². The van der Waals surface area contributed by atoms with Gasteiger partial charge in [-0.25, -0.2) is 9.36 Å². The van der Waals surface area contributed by atoms with Crippen molar-refractivity contribution in [3.63, 3.8) is 0 Å². The van der Waals surface area contributed by atoms with Crippen molar-refractivity contribution in [2.75, 3.05) is 6.54 Å². The van der Waals surface area contributed by atoms with Crippen LogP contribution in [0.25, 0.3) is 5.69 Å². The lowest BCUT2D eigenvalue weighted by Gasteiger charge is -2.16. The molecule has 12 heteroatoms. The number of carboxylic acid groups (broad SMARTS) is 1. The number of amides is 2. The number of aromatic nitrogens is 2.